The lowest BCUT2D eigenvalue weighted by atomic mass is 10.3. The van der Waals surface area contributed by atoms with Gasteiger partial charge in [-0.1, -0.05) is 30.4 Å². The third kappa shape index (κ3) is 2.92. The van der Waals surface area contributed by atoms with Crippen molar-refractivity contribution in [1.29, 1.82) is 0 Å². The molecule has 0 amide bonds. The monoisotopic (exact) mass is 301 g/mol. The molecular weight excluding hydrogens is 286 g/mol. The zero-order chi connectivity index (χ0) is 14.7. The summed E-state index contributed by atoms with van der Waals surface area (Å²) < 4.78 is 1.67. The van der Waals surface area contributed by atoms with Gasteiger partial charge in [0.2, 0.25) is 5.13 Å². The molecule has 21 heavy (non-hydrogen) atoms. The Labute approximate surface area is 125 Å². The van der Waals surface area contributed by atoms with Crippen LogP contribution in [0.15, 0.2) is 35.3 Å². The Morgan fingerprint density at radius 1 is 1.29 bits per heavy atom. The van der Waals surface area contributed by atoms with Crippen LogP contribution < -0.4 is 10.9 Å². The van der Waals surface area contributed by atoms with Crippen LogP contribution in [0.2, 0.25) is 0 Å². The molecule has 6 nitrogen and oxygen atoms in total. The number of benzene rings is 1. The Kier molecular flexibility index (Phi) is 3.92. The summed E-state index contributed by atoms with van der Waals surface area (Å²) in [5, 5.41) is 13.0. The van der Waals surface area contributed by atoms with E-state index in [0.717, 1.165) is 34.1 Å². The highest BCUT2D eigenvalue weighted by atomic mass is 32.1. The van der Waals surface area contributed by atoms with Crippen LogP contribution >= 0.6 is 11.3 Å². The first kappa shape index (κ1) is 13.7. The predicted octanol–water partition coefficient (Wildman–Crippen LogP) is 2.12. The van der Waals surface area contributed by atoms with Crippen LogP contribution in [0, 0.1) is 0 Å². The first-order valence-electron chi connectivity index (χ1n) is 6.79. The Hall–Kier alpha value is -2.28. The maximum atomic E-state index is 12.1. The number of hydrogen-bond acceptors (Lipinski definition) is 6. The minimum absolute atomic E-state index is 0.132. The van der Waals surface area contributed by atoms with Crippen molar-refractivity contribution in [3.8, 4) is 0 Å². The van der Waals surface area contributed by atoms with Crippen molar-refractivity contribution >= 4 is 27.5 Å². The lowest BCUT2D eigenvalue weighted by Crippen LogP contribution is -2.20. The van der Waals surface area contributed by atoms with Crippen LogP contribution in [-0.4, -0.2) is 26.3 Å². The van der Waals surface area contributed by atoms with Gasteiger partial charge in [-0.05, 0) is 18.6 Å². The lowest BCUT2D eigenvalue weighted by molar-refractivity contribution is 0.768. The molecule has 0 unspecified atom stereocenters. The van der Waals surface area contributed by atoms with E-state index in [1.54, 1.807) is 4.57 Å². The number of nitrogens with zero attached hydrogens (tertiary/aromatic N) is 4. The Bertz CT molecular complexity index is 810. The molecule has 0 aliphatic rings. The largest absolute Gasteiger partial charge is 0.360 e. The van der Waals surface area contributed by atoms with E-state index in [-0.39, 0.29) is 5.56 Å². The predicted molar refractivity (Wildman–Crippen MR) is 83.8 cm³/mol. The first-order valence-corrected chi connectivity index (χ1v) is 7.60. The topological polar surface area (TPSA) is 72.7 Å². The summed E-state index contributed by atoms with van der Waals surface area (Å²) in [6, 6.07) is 7.58. The van der Waals surface area contributed by atoms with Gasteiger partial charge in [0.15, 0.2) is 0 Å². The second kappa shape index (κ2) is 6.01. The minimum Gasteiger partial charge on any atom is -0.360 e. The van der Waals surface area contributed by atoms with E-state index in [0.29, 0.717) is 6.54 Å². The molecular formula is C14H15N5OS. The molecule has 108 valence electrons. The summed E-state index contributed by atoms with van der Waals surface area (Å²) in [7, 11) is 0. The van der Waals surface area contributed by atoms with Crippen LogP contribution in [0.25, 0.3) is 11.0 Å². The maximum Gasteiger partial charge on any atom is 0.269 e. The normalized spacial score (nSPS) is 10.9. The zero-order valence-electron chi connectivity index (χ0n) is 11.6. The zero-order valence-corrected chi connectivity index (χ0v) is 12.4. The fourth-order valence-electron chi connectivity index (χ4n) is 2.03. The number of para-hydroxylation sites is 2. The van der Waals surface area contributed by atoms with Gasteiger partial charge in [-0.2, -0.15) is 0 Å². The quantitative estimate of drug-likeness (QED) is 0.781. The van der Waals surface area contributed by atoms with Gasteiger partial charge in [0, 0.05) is 6.54 Å². The van der Waals surface area contributed by atoms with Gasteiger partial charge in [0.05, 0.1) is 23.8 Å². The van der Waals surface area contributed by atoms with Crippen molar-refractivity contribution < 1.29 is 0 Å². The summed E-state index contributed by atoms with van der Waals surface area (Å²) in [5.41, 5.74) is 1.47. The van der Waals surface area contributed by atoms with Gasteiger partial charge < -0.3 is 5.32 Å². The second-order valence-corrected chi connectivity index (χ2v) is 5.66. The highest BCUT2D eigenvalue weighted by Crippen LogP contribution is 2.17. The summed E-state index contributed by atoms with van der Waals surface area (Å²) in [6.45, 7) is 3.37. The molecule has 1 N–H and O–H groups in total. The molecule has 2 aromatic heterocycles. The number of hydrogen-bond donors (Lipinski definition) is 1. The van der Waals surface area contributed by atoms with Gasteiger partial charge >= 0.3 is 0 Å². The fraction of sp³-hybridized carbons (Fsp3) is 0.286. The Balaban J connectivity index is 1.92. The molecule has 0 aliphatic heterocycles. The molecule has 0 spiro atoms. The van der Waals surface area contributed by atoms with Crippen LogP contribution in [0.1, 0.15) is 18.4 Å². The highest BCUT2D eigenvalue weighted by molar-refractivity contribution is 7.15. The van der Waals surface area contributed by atoms with E-state index in [1.807, 2.05) is 24.3 Å². The van der Waals surface area contributed by atoms with Crippen molar-refractivity contribution in [1.82, 2.24) is 19.7 Å². The van der Waals surface area contributed by atoms with Crippen LogP contribution in [0.3, 0.4) is 0 Å². The summed E-state index contributed by atoms with van der Waals surface area (Å²) in [4.78, 5) is 16.2. The van der Waals surface area contributed by atoms with E-state index >= 15 is 0 Å². The average molecular weight is 301 g/mol. The summed E-state index contributed by atoms with van der Waals surface area (Å²) in [6.07, 6.45) is 2.38. The van der Waals surface area contributed by atoms with Gasteiger partial charge in [0.1, 0.15) is 5.01 Å². The van der Waals surface area contributed by atoms with Crippen molar-refractivity contribution in [2.75, 3.05) is 11.9 Å². The molecule has 0 aliphatic carbocycles. The van der Waals surface area contributed by atoms with Crippen molar-refractivity contribution in [2.24, 2.45) is 0 Å². The molecule has 3 aromatic rings. The second-order valence-electron chi connectivity index (χ2n) is 4.60. The van der Waals surface area contributed by atoms with Gasteiger partial charge in [-0.3, -0.25) is 9.36 Å². The number of nitrogens with one attached hydrogen (secondary N) is 1. The highest BCUT2D eigenvalue weighted by Gasteiger charge is 2.08. The van der Waals surface area contributed by atoms with E-state index < -0.39 is 0 Å². The molecule has 0 radical (unpaired) electrons. The smallest absolute Gasteiger partial charge is 0.269 e. The molecule has 2 heterocycles. The SMILES string of the molecule is CCCNc1nnc(Cn2c(=O)cnc3ccccc32)s1. The molecule has 1 aromatic carbocycles. The molecule has 3 rings (SSSR count). The standard InChI is InChI=1S/C14H15N5OS/c1-2-7-15-14-18-17-12(21-14)9-19-11-6-4-3-5-10(11)16-8-13(19)20/h3-6,8H,2,7,9H2,1H3,(H,15,18). The van der Waals surface area contributed by atoms with Crippen LogP contribution in [0.5, 0.6) is 0 Å². The number of aromatic nitrogens is 4. The van der Waals surface area contributed by atoms with Crippen molar-refractivity contribution in [2.45, 2.75) is 19.9 Å². The third-order valence-electron chi connectivity index (χ3n) is 3.04. The molecule has 0 saturated heterocycles. The third-order valence-corrected chi connectivity index (χ3v) is 3.90. The van der Waals surface area contributed by atoms with E-state index in [4.69, 9.17) is 0 Å². The van der Waals surface area contributed by atoms with Crippen molar-refractivity contribution in [3.63, 3.8) is 0 Å². The summed E-state index contributed by atoms with van der Waals surface area (Å²) in [5.74, 6) is 0. The molecule has 0 atom stereocenters. The van der Waals surface area contributed by atoms with Gasteiger partial charge in [-0.15, -0.1) is 10.2 Å². The lowest BCUT2D eigenvalue weighted by Gasteiger charge is -2.06. The number of rotatable bonds is 5. The molecule has 0 saturated carbocycles. The van der Waals surface area contributed by atoms with Crippen LogP contribution in [0.4, 0.5) is 5.13 Å². The van der Waals surface area contributed by atoms with Gasteiger partial charge in [0.25, 0.3) is 5.56 Å². The number of fused-ring (bicyclic) bond motifs is 1. The molecule has 0 fully saturated rings. The van der Waals surface area contributed by atoms with E-state index in [2.05, 4.69) is 27.4 Å². The van der Waals surface area contributed by atoms with Gasteiger partial charge in [-0.25, -0.2) is 4.98 Å². The summed E-state index contributed by atoms with van der Waals surface area (Å²) >= 11 is 1.47. The molecule has 7 heteroatoms. The fourth-order valence-corrected chi connectivity index (χ4v) is 2.79. The van der Waals surface area contributed by atoms with Crippen LogP contribution in [-0.2, 0) is 6.54 Å². The van der Waals surface area contributed by atoms with E-state index in [9.17, 15) is 4.79 Å². The van der Waals surface area contributed by atoms with Crippen molar-refractivity contribution in [3.05, 3.63) is 45.8 Å². The average Bonchev–Trinajstić information content (AvgIpc) is 2.96. The maximum absolute atomic E-state index is 12.1. The Morgan fingerprint density at radius 3 is 3.00 bits per heavy atom. The number of anilines is 1. The first-order chi connectivity index (χ1) is 10.3. The minimum atomic E-state index is -0.132. The van der Waals surface area contributed by atoms with E-state index in [1.165, 1.54) is 17.5 Å². The molecule has 0 bridgehead atoms. The Morgan fingerprint density at radius 2 is 2.14 bits per heavy atom.